The number of aromatic nitrogens is 2. The number of carbonyl (C=O) groups excluding carboxylic acids is 2. The summed E-state index contributed by atoms with van der Waals surface area (Å²) in [6, 6.07) is 14.7. The fourth-order valence-corrected chi connectivity index (χ4v) is 3.88. The van der Waals surface area contributed by atoms with E-state index in [2.05, 4.69) is 15.5 Å². The summed E-state index contributed by atoms with van der Waals surface area (Å²) in [7, 11) is 3.06. The molecule has 2 aromatic carbocycles. The minimum Gasteiger partial charge on any atom is -0.497 e. The Balaban J connectivity index is 1.62. The molecule has 0 unspecified atom stereocenters. The summed E-state index contributed by atoms with van der Waals surface area (Å²) in [6.45, 7) is 2.79. The predicted molar refractivity (Wildman–Crippen MR) is 124 cm³/mol. The van der Waals surface area contributed by atoms with Crippen LogP contribution in [-0.2, 0) is 4.79 Å². The lowest BCUT2D eigenvalue weighted by atomic mass is 10.1. The van der Waals surface area contributed by atoms with Crippen LogP contribution in [-0.4, -0.2) is 54.2 Å². The fraction of sp³-hybridized carbons (Fsp3) is 0.304. The van der Waals surface area contributed by atoms with Crippen molar-refractivity contribution in [2.75, 3.05) is 32.6 Å². The average Bonchev–Trinajstić information content (AvgIpc) is 3.29. The third-order valence-electron chi connectivity index (χ3n) is 4.72. The number of amides is 2. The summed E-state index contributed by atoms with van der Waals surface area (Å²) in [5, 5.41) is 12.1. The molecule has 0 saturated carbocycles. The van der Waals surface area contributed by atoms with Gasteiger partial charge in [0.05, 0.1) is 19.8 Å². The van der Waals surface area contributed by atoms with E-state index >= 15 is 0 Å². The summed E-state index contributed by atoms with van der Waals surface area (Å²) in [5.74, 6) is 0.617. The second kappa shape index (κ2) is 11.2. The van der Waals surface area contributed by atoms with E-state index in [0.717, 1.165) is 17.0 Å². The van der Waals surface area contributed by atoms with E-state index in [0.29, 0.717) is 28.7 Å². The van der Waals surface area contributed by atoms with Crippen LogP contribution in [0.5, 0.6) is 11.5 Å². The van der Waals surface area contributed by atoms with Crippen molar-refractivity contribution in [1.29, 1.82) is 0 Å². The molecule has 0 spiro atoms. The maximum absolute atomic E-state index is 13.1. The number of carbonyl (C=O) groups is 2. The van der Waals surface area contributed by atoms with Crippen LogP contribution < -0.4 is 14.8 Å². The molecule has 0 radical (unpaired) electrons. The zero-order valence-corrected chi connectivity index (χ0v) is 19.1. The molecular weight excluding hydrogens is 428 g/mol. The molecule has 0 saturated heterocycles. The number of nitrogens with zero attached hydrogens (tertiary/aromatic N) is 3. The van der Waals surface area contributed by atoms with E-state index in [9.17, 15) is 9.59 Å². The highest BCUT2D eigenvalue weighted by Crippen LogP contribution is 2.27. The number of benzene rings is 2. The van der Waals surface area contributed by atoms with E-state index in [1.807, 2.05) is 37.3 Å². The SMILES string of the molecule is CCCN(CCC(=O)Nc1nnc(-c2ccccc2)s1)C(=O)c1ccc(OC)cc1OC. The van der Waals surface area contributed by atoms with Crippen molar-refractivity contribution in [2.24, 2.45) is 0 Å². The Bertz CT molecular complexity index is 1060. The first-order valence-corrected chi connectivity index (χ1v) is 11.1. The zero-order valence-electron chi connectivity index (χ0n) is 18.3. The summed E-state index contributed by atoms with van der Waals surface area (Å²) >= 11 is 1.31. The maximum atomic E-state index is 13.1. The molecule has 1 heterocycles. The van der Waals surface area contributed by atoms with Crippen molar-refractivity contribution in [3.63, 3.8) is 0 Å². The lowest BCUT2D eigenvalue weighted by molar-refractivity contribution is -0.116. The molecule has 0 aliphatic rings. The third kappa shape index (κ3) is 5.82. The second-order valence-electron chi connectivity index (χ2n) is 6.93. The Labute approximate surface area is 191 Å². The van der Waals surface area contributed by atoms with Gasteiger partial charge in [-0.15, -0.1) is 10.2 Å². The normalized spacial score (nSPS) is 10.5. The van der Waals surface area contributed by atoms with Crippen molar-refractivity contribution in [2.45, 2.75) is 19.8 Å². The van der Waals surface area contributed by atoms with Gasteiger partial charge in [-0.1, -0.05) is 48.6 Å². The highest BCUT2D eigenvalue weighted by atomic mass is 32.1. The molecule has 2 amide bonds. The van der Waals surface area contributed by atoms with Gasteiger partial charge in [-0.2, -0.15) is 0 Å². The first-order valence-electron chi connectivity index (χ1n) is 10.3. The Hall–Kier alpha value is -3.46. The smallest absolute Gasteiger partial charge is 0.257 e. The molecule has 0 aliphatic heterocycles. The minimum atomic E-state index is -0.226. The van der Waals surface area contributed by atoms with Gasteiger partial charge in [0.25, 0.3) is 5.91 Å². The molecule has 8 nitrogen and oxygen atoms in total. The van der Waals surface area contributed by atoms with E-state index in [4.69, 9.17) is 9.47 Å². The highest BCUT2D eigenvalue weighted by Gasteiger charge is 2.21. The van der Waals surface area contributed by atoms with Gasteiger partial charge < -0.3 is 19.7 Å². The van der Waals surface area contributed by atoms with Crippen molar-refractivity contribution < 1.29 is 19.1 Å². The number of rotatable bonds is 10. The highest BCUT2D eigenvalue weighted by molar-refractivity contribution is 7.18. The van der Waals surface area contributed by atoms with Crippen LogP contribution in [0.25, 0.3) is 10.6 Å². The molecule has 168 valence electrons. The van der Waals surface area contributed by atoms with Crippen molar-refractivity contribution in [3.8, 4) is 22.1 Å². The van der Waals surface area contributed by atoms with Crippen LogP contribution in [0.4, 0.5) is 5.13 Å². The van der Waals surface area contributed by atoms with Crippen LogP contribution in [0, 0.1) is 0 Å². The molecule has 32 heavy (non-hydrogen) atoms. The van der Waals surface area contributed by atoms with Gasteiger partial charge in [0.15, 0.2) is 0 Å². The average molecular weight is 455 g/mol. The molecule has 3 rings (SSSR count). The number of nitrogens with one attached hydrogen (secondary N) is 1. The van der Waals surface area contributed by atoms with E-state index in [1.54, 1.807) is 30.2 Å². The van der Waals surface area contributed by atoms with Gasteiger partial charge in [-0.3, -0.25) is 9.59 Å². The van der Waals surface area contributed by atoms with Gasteiger partial charge in [0.1, 0.15) is 16.5 Å². The monoisotopic (exact) mass is 454 g/mol. The van der Waals surface area contributed by atoms with Gasteiger partial charge in [0.2, 0.25) is 11.0 Å². The molecule has 9 heteroatoms. The first kappa shape index (κ1) is 23.2. The van der Waals surface area contributed by atoms with Crippen LogP contribution >= 0.6 is 11.3 Å². The Kier molecular flexibility index (Phi) is 8.15. The lowest BCUT2D eigenvalue weighted by Gasteiger charge is -2.23. The first-order chi connectivity index (χ1) is 15.5. The number of hydrogen-bond donors (Lipinski definition) is 1. The van der Waals surface area contributed by atoms with Crippen molar-refractivity contribution >= 4 is 28.3 Å². The van der Waals surface area contributed by atoms with Crippen LogP contribution in [0.1, 0.15) is 30.1 Å². The Morgan fingerprint density at radius 3 is 2.50 bits per heavy atom. The topological polar surface area (TPSA) is 93.7 Å². The minimum absolute atomic E-state index is 0.143. The van der Waals surface area contributed by atoms with Crippen LogP contribution in [0.2, 0.25) is 0 Å². The van der Waals surface area contributed by atoms with Crippen LogP contribution in [0.15, 0.2) is 48.5 Å². The maximum Gasteiger partial charge on any atom is 0.257 e. The van der Waals surface area contributed by atoms with Gasteiger partial charge in [-0.25, -0.2) is 0 Å². The van der Waals surface area contributed by atoms with Gasteiger partial charge in [-0.05, 0) is 18.6 Å². The molecule has 0 fully saturated rings. The molecule has 0 atom stereocenters. The molecule has 3 aromatic rings. The van der Waals surface area contributed by atoms with E-state index in [1.165, 1.54) is 18.4 Å². The molecule has 1 aromatic heterocycles. The van der Waals surface area contributed by atoms with E-state index < -0.39 is 0 Å². The summed E-state index contributed by atoms with van der Waals surface area (Å²) in [4.78, 5) is 27.2. The zero-order chi connectivity index (χ0) is 22.9. The van der Waals surface area contributed by atoms with Crippen molar-refractivity contribution in [3.05, 3.63) is 54.1 Å². The lowest BCUT2D eigenvalue weighted by Crippen LogP contribution is -2.34. The fourth-order valence-electron chi connectivity index (χ4n) is 3.12. The van der Waals surface area contributed by atoms with Crippen LogP contribution in [0.3, 0.4) is 0 Å². The predicted octanol–water partition coefficient (Wildman–Crippen LogP) is 4.10. The second-order valence-corrected chi connectivity index (χ2v) is 7.91. The Morgan fingerprint density at radius 2 is 1.81 bits per heavy atom. The molecule has 1 N–H and O–H groups in total. The van der Waals surface area contributed by atoms with Gasteiger partial charge >= 0.3 is 0 Å². The molecule has 0 bridgehead atoms. The quantitative estimate of drug-likeness (QED) is 0.496. The number of hydrogen-bond acceptors (Lipinski definition) is 7. The third-order valence-corrected chi connectivity index (χ3v) is 5.61. The van der Waals surface area contributed by atoms with Gasteiger partial charge in [0, 0.05) is 31.1 Å². The summed E-state index contributed by atoms with van der Waals surface area (Å²) < 4.78 is 10.6. The van der Waals surface area contributed by atoms with E-state index in [-0.39, 0.29) is 24.8 Å². The Morgan fingerprint density at radius 1 is 1.03 bits per heavy atom. The van der Waals surface area contributed by atoms with Crippen molar-refractivity contribution in [1.82, 2.24) is 15.1 Å². The summed E-state index contributed by atoms with van der Waals surface area (Å²) in [6.07, 6.45) is 0.910. The molecule has 0 aliphatic carbocycles. The number of ether oxygens (including phenoxy) is 2. The number of methoxy groups -OCH3 is 2. The number of anilines is 1. The molecular formula is C23H26N4O4S. The summed E-state index contributed by atoms with van der Waals surface area (Å²) in [5.41, 5.74) is 1.37. The largest absolute Gasteiger partial charge is 0.497 e. The standard InChI is InChI=1S/C23H26N4O4S/c1-4-13-27(22(29)18-11-10-17(30-2)15-19(18)31-3)14-12-20(28)24-23-26-25-21(32-23)16-8-6-5-7-9-16/h5-11,15H,4,12-14H2,1-3H3,(H,24,26,28).